The molecule has 2 heterocycles. The van der Waals surface area contributed by atoms with Crippen molar-refractivity contribution >= 4 is 52.7 Å². The van der Waals surface area contributed by atoms with Crippen molar-refractivity contribution in [1.82, 2.24) is 25.7 Å². The zero-order chi connectivity index (χ0) is 33.4. The number of carbonyl (C=O) groups is 2. The molecule has 0 spiro atoms. The Balaban J connectivity index is 1.30. The average molecular weight is 699 g/mol. The van der Waals surface area contributed by atoms with E-state index in [1.807, 2.05) is 41.8 Å². The molecular formula is C34H46N6O4S3. The smallest absolute Gasteiger partial charge is 0.407 e. The van der Waals surface area contributed by atoms with E-state index < -0.39 is 17.6 Å². The molecule has 3 amide bonds. The monoisotopic (exact) mass is 698 g/mol. The number of nitrogens with one attached hydrogen (secondary N) is 4. The summed E-state index contributed by atoms with van der Waals surface area (Å²) in [6.07, 6.45) is 2.39. The van der Waals surface area contributed by atoms with Crippen molar-refractivity contribution in [3.05, 3.63) is 87.9 Å². The zero-order valence-electron chi connectivity index (χ0n) is 27.1. The third-order valence-electron chi connectivity index (χ3n) is 7.51. The van der Waals surface area contributed by atoms with Crippen molar-refractivity contribution in [2.45, 2.75) is 87.7 Å². The maximum absolute atomic E-state index is 12.8. The Morgan fingerprint density at radius 2 is 1.64 bits per heavy atom. The van der Waals surface area contributed by atoms with Gasteiger partial charge in [0.15, 0.2) is 0 Å². The highest BCUT2D eigenvalue weighted by molar-refractivity contribution is 8.12. The van der Waals surface area contributed by atoms with Crippen molar-refractivity contribution in [3.63, 3.8) is 0 Å². The summed E-state index contributed by atoms with van der Waals surface area (Å²) in [4.78, 5) is 34.1. The van der Waals surface area contributed by atoms with Crippen molar-refractivity contribution in [3.8, 4) is 0 Å². The van der Waals surface area contributed by atoms with E-state index >= 15 is 0 Å². The number of aliphatic imine (C=N–C) groups is 1. The predicted octanol–water partition coefficient (Wildman–Crippen LogP) is 5.88. The first-order valence-electron chi connectivity index (χ1n) is 16.0. The molecule has 5 unspecified atom stereocenters. The molecule has 1 aliphatic rings. The number of hydrogen-bond acceptors (Lipinski definition) is 10. The van der Waals surface area contributed by atoms with Gasteiger partial charge in [0, 0.05) is 23.4 Å². The summed E-state index contributed by atoms with van der Waals surface area (Å²) in [5, 5.41) is 22.8. The van der Waals surface area contributed by atoms with E-state index in [2.05, 4.69) is 68.8 Å². The first kappa shape index (κ1) is 36.7. The van der Waals surface area contributed by atoms with Gasteiger partial charge in [-0.2, -0.15) is 0 Å². The third-order valence-corrected chi connectivity index (χ3v) is 10.8. The van der Waals surface area contributed by atoms with Crippen molar-refractivity contribution in [1.29, 1.82) is 0 Å². The predicted molar refractivity (Wildman–Crippen MR) is 194 cm³/mol. The largest absolute Gasteiger partial charge is 0.448 e. The van der Waals surface area contributed by atoms with Gasteiger partial charge in [-0.25, -0.2) is 14.6 Å². The normalized spacial score (nSPS) is 16.7. The van der Waals surface area contributed by atoms with Crippen molar-refractivity contribution < 1.29 is 19.4 Å². The topological polar surface area (TPSA) is 137 Å². The van der Waals surface area contributed by atoms with Crippen LogP contribution in [0.15, 0.2) is 71.0 Å². The second-order valence-electron chi connectivity index (χ2n) is 11.9. The van der Waals surface area contributed by atoms with Crippen LogP contribution in [0.4, 0.5) is 9.59 Å². The van der Waals surface area contributed by atoms with E-state index in [4.69, 9.17) is 4.74 Å². The van der Waals surface area contributed by atoms with Crippen LogP contribution in [0.5, 0.6) is 0 Å². The summed E-state index contributed by atoms with van der Waals surface area (Å²) < 4.78 is 8.99. The van der Waals surface area contributed by atoms with Crippen molar-refractivity contribution in [2.75, 3.05) is 13.2 Å². The Morgan fingerprint density at radius 1 is 0.979 bits per heavy atom. The van der Waals surface area contributed by atoms with Gasteiger partial charge in [-0.3, -0.25) is 9.71 Å². The number of hydrogen-bond donors (Lipinski definition) is 5. The molecule has 5 N–H and O–H groups in total. The summed E-state index contributed by atoms with van der Waals surface area (Å²) in [6, 6.07) is 19.2. The SMILES string of the molecule is CC(C)c1nc(CNC(=O)NC(C)C(O)SNC(CCC(Cc2ccccc2)NC(=O)OCC2CN=CS2)Cc2ccccc2)cs1. The number of ether oxygens (including phenoxy) is 1. The number of amides is 3. The summed E-state index contributed by atoms with van der Waals surface area (Å²) in [7, 11) is 0. The molecule has 47 heavy (non-hydrogen) atoms. The maximum atomic E-state index is 12.8. The number of aliphatic hydroxyl groups is 1. The molecule has 0 saturated carbocycles. The highest BCUT2D eigenvalue weighted by atomic mass is 32.2. The first-order valence-corrected chi connectivity index (χ1v) is 18.7. The fraction of sp³-hybridized carbons (Fsp3) is 0.471. The standard InChI is InChI=1S/C34H46N6O4S3/c1-23(2)31-38-29(21-45-31)18-36-33(42)37-24(3)32(41)47-40-28(17-26-12-8-5-9-13-26)15-14-27(16-25-10-6-4-7-11-25)39-34(43)44-20-30-19-35-22-46-30/h4-13,21-24,27-28,30,32,40-41H,14-20H2,1-3H3,(H,39,43)(H2,36,37,42). The van der Waals surface area contributed by atoms with Gasteiger partial charge in [0.2, 0.25) is 0 Å². The number of alkyl carbamates (subject to hydrolysis) is 1. The van der Waals surface area contributed by atoms with Crippen LogP contribution in [0.3, 0.4) is 0 Å². The second-order valence-corrected chi connectivity index (χ2v) is 14.9. The molecule has 0 saturated heterocycles. The lowest BCUT2D eigenvalue weighted by Gasteiger charge is -2.26. The van der Waals surface area contributed by atoms with Gasteiger partial charge in [0.25, 0.3) is 0 Å². The lowest BCUT2D eigenvalue weighted by Crippen LogP contribution is -2.46. The zero-order valence-corrected chi connectivity index (χ0v) is 29.6. The van der Waals surface area contributed by atoms with Gasteiger partial charge >= 0.3 is 12.1 Å². The number of rotatable bonds is 18. The molecule has 5 atom stereocenters. The molecule has 254 valence electrons. The number of aromatic nitrogens is 1. The first-order chi connectivity index (χ1) is 22.7. The van der Waals surface area contributed by atoms with E-state index in [-0.39, 0.29) is 23.4 Å². The molecule has 13 heteroatoms. The fourth-order valence-corrected chi connectivity index (χ4v) is 7.17. The molecule has 1 aliphatic heterocycles. The Morgan fingerprint density at radius 3 is 2.26 bits per heavy atom. The Labute approximate surface area is 290 Å². The van der Waals surface area contributed by atoms with Crippen LogP contribution in [-0.4, -0.2) is 69.7 Å². The van der Waals surface area contributed by atoms with Gasteiger partial charge in [-0.1, -0.05) is 74.5 Å². The number of thioether (sulfide) groups is 1. The lowest BCUT2D eigenvalue weighted by molar-refractivity contribution is 0.142. The fourth-order valence-electron chi connectivity index (χ4n) is 4.87. The molecule has 0 bridgehead atoms. The van der Waals surface area contributed by atoms with E-state index in [9.17, 15) is 14.7 Å². The van der Waals surface area contributed by atoms with Crippen LogP contribution in [0.1, 0.15) is 61.4 Å². The summed E-state index contributed by atoms with van der Waals surface area (Å²) >= 11 is 4.36. The highest BCUT2D eigenvalue weighted by Crippen LogP contribution is 2.20. The molecule has 0 radical (unpaired) electrons. The number of benzene rings is 2. The van der Waals surface area contributed by atoms with Gasteiger partial charge < -0.3 is 25.8 Å². The lowest BCUT2D eigenvalue weighted by atomic mass is 9.96. The van der Waals surface area contributed by atoms with Gasteiger partial charge in [0.05, 0.1) is 40.6 Å². The maximum Gasteiger partial charge on any atom is 0.407 e. The van der Waals surface area contributed by atoms with Crippen LogP contribution in [0.25, 0.3) is 0 Å². The molecule has 0 fully saturated rings. The molecule has 4 rings (SSSR count). The Kier molecular flexibility index (Phi) is 15.4. The molecule has 3 aromatic rings. The molecule has 1 aromatic heterocycles. The third kappa shape index (κ3) is 13.5. The van der Waals surface area contributed by atoms with Crippen LogP contribution < -0.4 is 20.7 Å². The number of aliphatic hydroxyl groups excluding tert-OH is 1. The van der Waals surface area contributed by atoms with E-state index in [0.717, 1.165) is 34.7 Å². The summed E-state index contributed by atoms with van der Waals surface area (Å²) in [5.74, 6) is 0.344. The summed E-state index contributed by atoms with van der Waals surface area (Å²) in [6.45, 7) is 7.25. The number of urea groups is 1. The van der Waals surface area contributed by atoms with Crippen LogP contribution in [0.2, 0.25) is 0 Å². The van der Waals surface area contributed by atoms with Crippen LogP contribution >= 0.6 is 35.0 Å². The Bertz CT molecular complexity index is 1390. The van der Waals surface area contributed by atoms with E-state index in [0.29, 0.717) is 38.5 Å². The average Bonchev–Trinajstić information content (AvgIpc) is 3.78. The molecule has 0 aliphatic carbocycles. The van der Waals surface area contributed by atoms with Crippen LogP contribution in [0, 0.1) is 0 Å². The van der Waals surface area contributed by atoms with E-state index in [1.165, 1.54) is 11.9 Å². The van der Waals surface area contributed by atoms with Gasteiger partial charge in [-0.05, 0) is 55.7 Å². The number of carbonyl (C=O) groups excluding carboxylic acids is 2. The quantitative estimate of drug-likeness (QED) is 0.0821. The van der Waals surface area contributed by atoms with E-state index in [1.54, 1.807) is 35.6 Å². The minimum absolute atomic E-state index is 0.0129. The minimum Gasteiger partial charge on any atom is -0.448 e. The molecule has 10 nitrogen and oxygen atoms in total. The van der Waals surface area contributed by atoms with Crippen LogP contribution in [-0.2, 0) is 24.1 Å². The summed E-state index contributed by atoms with van der Waals surface area (Å²) in [5.41, 5.74) is 4.02. The highest BCUT2D eigenvalue weighted by Gasteiger charge is 2.22. The number of nitrogens with zero attached hydrogens (tertiary/aromatic N) is 2. The molecule has 2 aromatic carbocycles. The second kappa shape index (κ2) is 19.7. The van der Waals surface area contributed by atoms with Crippen molar-refractivity contribution in [2.24, 2.45) is 4.99 Å². The number of thiazole rings is 1. The van der Waals surface area contributed by atoms with Gasteiger partial charge in [0.1, 0.15) is 12.0 Å². The molecular weight excluding hydrogens is 653 g/mol. The van der Waals surface area contributed by atoms with Gasteiger partial charge in [-0.15, -0.1) is 23.1 Å². The minimum atomic E-state index is -0.892. The Hall–Kier alpha value is -3.10.